The first-order valence-corrected chi connectivity index (χ1v) is 12.3. The summed E-state index contributed by atoms with van der Waals surface area (Å²) in [4.78, 5) is 24.5. The van der Waals surface area contributed by atoms with Crippen LogP contribution in [-0.4, -0.2) is 61.8 Å². The summed E-state index contributed by atoms with van der Waals surface area (Å²) in [5.74, 6) is -2.00. The van der Waals surface area contributed by atoms with Crippen LogP contribution < -0.4 is 4.90 Å². The molecule has 4 rings (SSSR count). The molecule has 0 saturated carbocycles. The molecule has 3 aromatic rings. The van der Waals surface area contributed by atoms with Crippen molar-refractivity contribution >= 4 is 50.4 Å². The van der Waals surface area contributed by atoms with Gasteiger partial charge in [-0.25, -0.2) is 12.4 Å². The van der Waals surface area contributed by atoms with Gasteiger partial charge in [0, 0.05) is 54.0 Å². The molecule has 0 atom stereocenters. The number of halogens is 7. The second kappa shape index (κ2) is 9.24. The highest BCUT2D eigenvalue weighted by Crippen LogP contribution is 2.39. The number of aldehydes is 1. The van der Waals surface area contributed by atoms with Crippen molar-refractivity contribution < 1.29 is 44.3 Å². The van der Waals surface area contributed by atoms with Crippen LogP contribution in [0, 0.1) is 0 Å². The number of amides is 1. The van der Waals surface area contributed by atoms with Crippen molar-refractivity contribution in [2.75, 3.05) is 31.1 Å². The lowest BCUT2D eigenvalue weighted by Crippen LogP contribution is -2.52. The minimum Gasteiger partial charge on any atom is -0.367 e. The number of nitrogens with zero attached hydrogens (tertiary/aromatic N) is 3. The van der Waals surface area contributed by atoms with Crippen LogP contribution in [0.1, 0.15) is 15.9 Å². The van der Waals surface area contributed by atoms with E-state index in [1.165, 1.54) is 11.0 Å². The van der Waals surface area contributed by atoms with Gasteiger partial charge in [-0.1, -0.05) is 23.7 Å². The highest BCUT2D eigenvalue weighted by atomic mass is 35.5. The Bertz CT molecular complexity index is 1490. The van der Waals surface area contributed by atoms with Crippen molar-refractivity contribution in [3.8, 4) is 0 Å². The number of carbonyl (C=O) groups excluding carboxylic acids is 2. The molecule has 1 aromatic heterocycles. The molecule has 37 heavy (non-hydrogen) atoms. The molecule has 1 fully saturated rings. The van der Waals surface area contributed by atoms with Crippen LogP contribution in [0.4, 0.5) is 32.0 Å². The number of piperazine rings is 1. The second-order valence-electron chi connectivity index (χ2n) is 8.09. The van der Waals surface area contributed by atoms with E-state index in [1.807, 2.05) is 0 Å². The van der Waals surface area contributed by atoms with Crippen molar-refractivity contribution in [2.45, 2.75) is 17.2 Å². The van der Waals surface area contributed by atoms with Crippen LogP contribution in [-0.2, 0) is 21.0 Å². The second-order valence-corrected chi connectivity index (χ2v) is 10.3. The molecule has 7 nitrogen and oxygen atoms in total. The monoisotopic (exact) mass is 567 g/mol. The summed E-state index contributed by atoms with van der Waals surface area (Å²) in [5.41, 5.74) is -1.61. The summed E-state index contributed by atoms with van der Waals surface area (Å²) >= 11 is 6.19. The topological polar surface area (TPSA) is 79.7 Å². The van der Waals surface area contributed by atoms with Crippen LogP contribution in [0.5, 0.6) is 0 Å². The molecule has 1 amide bonds. The Morgan fingerprint density at radius 3 is 2.16 bits per heavy atom. The molecule has 2 aromatic carbocycles. The largest absolute Gasteiger partial charge is 0.471 e. The summed E-state index contributed by atoms with van der Waals surface area (Å²) < 4.78 is 106. The van der Waals surface area contributed by atoms with Gasteiger partial charge in [-0.15, -0.1) is 0 Å². The number of rotatable bonds is 4. The average Bonchev–Trinajstić information content (AvgIpc) is 3.21. The molecular weight excluding hydrogens is 552 g/mol. The van der Waals surface area contributed by atoms with E-state index in [0.717, 1.165) is 30.5 Å². The van der Waals surface area contributed by atoms with Crippen molar-refractivity contribution in [1.29, 1.82) is 0 Å². The Balaban J connectivity index is 1.83. The van der Waals surface area contributed by atoms with Crippen LogP contribution in [0.15, 0.2) is 47.5 Å². The molecule has 0 N–H and O–H groups in total. The van der Waals surface area contributed by atoms with Crippen molar-refractivity contribution in [3.63, 3.8) is 0 Å². The normalized spacial score (nSPS) is 15.3. The molecule has 0 aliphatic carbocycles. The highest BCUT2D eigenvalue weighted by molar-refractivity contribution is 7.90. The molecule has 1 saturated heterocycles. The average molecular weight is 568 g/mol. The number of carbonyl (C=O) groups is 2. The van der Waals surface area contributed by atoms with Gasteiger partial charge in [0.25, 0.3) is 10.0 Å². The Hall–Kier alpha value is -3.26. The first kappa shape index (κ1) is 26.8. The molecule has 1 aliphatic rings. The molecule has 0 radical (unpaired) electrons. The van der Waals surface area contributed by atoms with Crippen molar-refractivity contribution in [2.24, 2.45) is 0 Å². The number of alkyl halides is 6. The number of hydrogen-bond acceptors (Lipinski definition) is 5. The summed E-state index contributed by atoms with van der Waals surface area (Å²) in [5, 5.41) is -0.00420. The number of fused-ring (bicyclic) bond motifs is 1. The number of anilines is 1. The van der Waals surface area contributed by atoms with Crippen LogP contribution >= 0.6 is 11.6 Å². The molecular formula is C22H16ClF6N3O4S. The maximum atomic E-state index is 13.6. The first-order valence-electron chi connectivity index (χ1n) is 10.5. The SMILES string of the molecule is O=Cc1cn(S(=O)(=O)c2ccccc2C(F)(F)F)c2cc(Cl)cc(N3CCN(C(=O)C(F)(F)F)CC3)c12. The predicted octanol–water partition coefficient (Wildman–Crippen LogP) is 4.57. The first-order chi connectivity index (χ1) is 17.2. The fraction of sp³-hybridized carbons (Fsp3) is 0.273. The molecule has 1 aliphatic heterocycles. The van der Waals surface area contributed by atoms with E-state index in [-0.39, 0.29) is 53.4 Å². The summed E-state index contributed by atoms with van der Waals surface area (Å²) in [6, 6.07) is 6.06. The van der Waals surface area contributed by atoms with Gasteiger partial charge in [-0.05, 0) is 24.3 Å². The highest BCUT2D eigenvalue weighted by Gasteiger charge is 2.43. The number of aromatic nitrogens is 1. The lowest BCUT2D eigenvalue weighted by molar-refractivity contribution is -0.185. The van der Waals surface area contributed by atoms with E-state index in [4.69, 9.17) is 11.6 Å². The summed E-state index contributed by atoms with van der Waals surface area (Å²) in [7, 11) is -4.89. The third-order valence-corrected chi connectivity index (χ3v) is 7.80. The van der Waals surface area contributed by atoms with Crippen LogP contribution in [0.3, 0.4) is 0 Å². The maximum Gasteiger partial charge on any atom is 0.471 e. The van der Waals surface area contributed by atoms with Crippen LogP contribution in [0.2, 0.25) is 5.02 Å². The van der Waals surface area contributed by atoms with Gasteiger partial charge < -0.3 is 9.80 Å². The predicted molar refractivity (Wildman–Crippen MR) is 121 cm³/mol. The zero-order valence-electron chi connectivity index (χ0n) is 18.5. The minimum absolute atomic E-state index is 0.0306. The minimum atomic E-state index is -5.05. The van der Waals surface area contributed by atoms with Gasteiger partial charge in [0.1, 0.15) is 4.90 Å². The Labute approximate surface area is 210 Å². The maximum absolute atomic E-state index is 13.6. The Morgan fingerprint density at radius 2 is 1.59 bits per heavy atom. The van der Waals surface area contributed by atoms with Gasteiger partial charge >= 0.3 is 18.3 Å². The van der Waals surface area contributed by atoms with Crippen LogP contribution in [0.25, 0.3) is 10.9 Å². The van der Waals surface area contributed by atoms with Gasteiger partial charge in [0.05, 0.1) is 11.1 Å². The number of benzene rings is 2. The van der Waals surface area contributed by atoms with E-state index >= 15 is 0 Å². The molecule has 0 bridgehead atoms. The summed E-state index contributed by atoms with van der Waals surface area (Å²) in [6.07, 6.45) is -8.86. The third-order valence-electron chi connectivity index (χ3n) is 5.85. The number of hydrogen-bond donors (Lipinski definition) is 0. The molecule has 198 valence electrons. The van der Waals surface area contributed by atoms with Gasteiger partial charge in [0.2, 0.25) is 0 Å². The Kier molecular flexibility index (Phi) is 6.69. The molecule has 0 unspecified atom stereocenters. The van der Waals surface area contributed by atoms with Gasteiger partial charge in [-0.2, -0.15) is 26.3 Å². The standard InChI is InChI=1S/C22H16ClF6N3O4S/c23-14-9-16(30-5-7-31(8-6-30)20(34)22(27,28)29)19-13(12-33)11-32(17(19)10-14)37(35,36)18-4-2-1-3-15(18)21(24,25)26/h1-4,9-12H,5-8H2. The van der Waals surface area contributed by atoms with Crippen molar-refractivity contribution in [3.05, 3.63) is 58.7 Å². The fourth-order valence-corrected chi connectivity index (χ4v) is 5.99. The quantitative estimate of drug-likeness (QED) is 0.341. The summed E-state index contributed by atoms with van der Waals surface area (Å²) in [6.45, 7) is -0.851. The van der Waals surface area contributed by atoms with Crippen molar-refractivity contribution in [1.82, 2.24) is 8.87 Å². The van der Waals surface area contributed by atoms with E-state index in [1.54, 1.807) is 0 Å². The molecule has 0 spiro atoms. The van der Waals surface area contributed by atoms with E-state index in [2.05, 4.69) is 0 Å². The Morgan fingerprint density at radius 1 is 0.973 bits per heavy atom. The smallest absolute Gasteiger partial charge is 0.367 e. The molecule has 15 heteroatoms. The third kappa shape index (κ3) is 4.87. The van der Waals surface area contributed by atoms with E-state index < -0.39 is 38.7 Å². The van der Waals surface area contributed by atoms with E-state index in [0.29, 0.717) is 21.2 Å². The lowest BCUT2D eigenvalue weighted by Gasteiger charge is -2.36. The van der Waals surface area contributed by atoms with Gasteiger partial charge in [0.15, 0.2) is 6.29 Å². The lowest BCUT2D eigenvalue weighted by atomic mass is 10.1. The van der Waals surface area contributed by atoms with Gasteiger partial charge in [-0.3, -0.25) is 9.59 Å². The zero-order chi connectivity index (χ0) is 27.3. The fourth-order valence-electron chi connectivity index (χ4n) is 4.21. The molecule has 2 heterocycles. The zero-order valence-corrected chi connectivity index (χ0v) is 20.0. The van der Waals surface area contributed by atoms with E-state index in [9.17, 15) is 44.3 Å².